The number of carbonyl (C=O) groups excluding carboxylic acids is 1. The molecular weight excluding hydrogens is 574 g/mol. The van der Waals surface area contributed by atoms with Crippen LogP contribution in [0.15, 0.2) is 59.5 Å². The molecule has 0 atom stereocenters. The largest absolute Gasteiger partial charge is 0.324 e. The van der Waals surface area contributed by atoms with Gasteiger partial charge in [0, 0.05) is 37.3 Å². The molecular formula is C33H43N7O3S. The maximum Gasteiger partial charge on any atom is 0.324 e. The van der Waals surface area contributed by atoms with Gasteiger partial charge < -0.3 is 5.32 Å². The van der Waals surface area contributed by atoms with Gasteiger partial charge in [0.15, 0.2) is 0 Å². The van der Waals surface area contributed by atoms with Crippen LogP contribution in [0.1, 0.15) is 61.8 Å². The normalized spacial score (nSPS) is 15.0. The first-order valence-corrected chi connectivity index (χ1v) is 16.5. The number of nitrogens with one attached hydrogen (secondary N) is 2. The third-order valence-corrected chi connectivity index (χ3v) is 10.5. The van der Waals surface area contributed by atoms with Gasteiger partial charge >= 0.3 is 6.03 Å². The number of anilines is 2. The Labute approximate surface area is 260 Å². The van der Waals surface area contributed by atoms with Crippen molar-refractivity contribution in [3.05, 3.63) is 82.8 Å². The Balaban J connectivity index is 1.18. The first-order valence-electron chi connectivity index (χ1n) is 15.1. The van der Waals surface area contributed by atoms with Crippen LogP contribution in [0.3, 0.4) is 0 Å². The minimum atomic E-state index is -3.57. The van der Waals surface area contributed by atoms with Crippen molar-refractivity contribution < 1.29 is 13.2 Å². The Morgan fingerprint density at radius 2 is 1.57 bits per heavy atom. The third-order valence-electron chi connectivity index (χ3n) is 8.35. The second kappa shape index (κ2) is 12.2. The number of nitrogens with zero attached hydrogens (tertiary/aromatic N) is 5. The predicted molar refractivity (Wildman–Crippen MR) is 174 cm³/mol. The molecule has 11 heteroatoms. The summed E-state index contributed by atoms with van der Waals surface area (Å²) < 4.78 is 31.6. The number of hydrogen-bond acceptors (Lipinski definition) is 5. The predicted octanol–water partition coefficient (Wildman–Crippen LogP) is 6.12. The third kappa shape index (κ3) is 6.73. The molecule has 234 valence electrons. The van der Waals surface area contributed by atoms with Gasteiger partial charge in [-0.15, -0.1) is 0 Å². The lowest BCUT2D eigenvalue weighted by Gasteiger charge is -2.31. The summed E-state index contributed by atoms with van der Waals surface area (Å²) in [6.45, 7) is 12.9. The van der Waals surface area contributed by atoms with E-state index in [4.69, 9.17) is 5.10 Å². The highest BCUT2D eigenvalue weighted by Crippen LogP contribution is 2.30. The molecule has 5 rings (SSSR count). The van der Waals surface area contributed by atoms with Crippen molar-refractivity contribution >= 4 is 27.6 Å². The molecule has 0 saturated carbocycles. The first kappa shape index (κ1) is 31.5. The molecule has 3 heterocycles. The lowest BCUT2D eigenvalue weighted by Crippen LogP contribution is -2.39. The maximum absolute atomic E-state index is 13.3. The van der Waals surface area contributed by atoms with Crippen LogP contribution in [0.2, 0.25) is 0 Å². The molecule has 2 amide bonds. The highest BCUT2D eigenvalue weighted by Gasteiger charge is 2.33. The van der Waals surface area contributed by atoms with Crippen LogP contribution in [0.25, 0.3) is 5.69 Å². The summed E-state index contributed by atoms with van der Waals surface area (Å²) in [7, 11) is -1.80. The van der Waals surface area contributed by atoms with E-state index in [-0.39, 0.29) is 11.4 Å². The van der Waals surface area contributed by atoms with Crippen molar-refractivity contribution in [2.24, 2.45) is 13.0 Å². The summed E-state index contributed by atoms with van der Waals surface area (Å²) in [5, 5.41) is 15.0. The number of urea groups is 1. The van der Waals surface area contributed by atoms with E-state index in [9.17, 15) is 13.2 Å². The molecule has 2 aromatic heterocycles. The van der Waals surface area contributed by atoms with E-state index < -0.39 is 10.0 Å². The van der Waals surface area contributed by atoms with Gasteiger partial charge in [0.05, 0.1) is 22.8 Å². The number of sulfonamides is 1. The Bertz CT molecular complexity index is 1740. The lowest BCUT2D eigenvalue weighted by atomic mass is 9.91. The SMILES string of the molecule is Cc1ccc(-n2nc(C(C)(C)C)cc2NC(=O)Nc2ccc(CC3CCN(S(=O)(=O)c4c(C)nn(C)c4C)CC3)cc2)cc1. The Morgan fingerprint density at radius 1 is 0.932 bits per heavy atom. The Morgan fingerprint density at radius 3 is 2.14 bits per heavy atom. The zero-order valence-corrected chi connectivity index (χ0v) is 27.5. The zero-order chi connectivity index (χ0) is 31.8. The van der Waals surface area contributed by atoms with Crippen LogP contribution < -0.4 is 10.6 Å². The zero-order valence-electron chi connectivity index (χ0n) is 26.7. The maximum atomic E-state index is 13.3. The Hall–Kier alpha value is -3.96. The van der Waals surface area contributed by atoms with Crippen LogP contribution in [-0.4, -0.2) is 51.4 Å². The van der Waals surface area contributed by atoms with Crippen LogP contribution >= 0.6 is 0 Å². The molecule has 0 radical (unpaired) electrons. The van der Waals surface area contributed by atoms with Gasteiger partial charge in [-0.05, 0) is 75.8 Å². The van der Waals surface area contributed by atoms with E-state index in [1.54, 1.807) is 34.6 Å². The molecule has 4 aromatic rings. The van der Waals surface area contributed by atoms with Crippen molar-refractivity contribution in [3.8, 4) is 5.69 Å². The second-order valence-electron chi connectivity index (χ2n) is 12.9. The molecule has 10 nitrogen and oxygen atoms in total. The van der Waals surface area contributed by atoms with Gasteiger partial charge in [-0.2, -0.15) is 14.5 Å². The van der Waals surface area contributed by atoms with E-state index in [0.717, 1.165) is 41.8 Å². The van der Waals surface area contributed by atoms with E-state index >= 15 is 0 Å². The molecule has 1 saturated heterocycles. The van der Waals surface area contributed by atoms with E-state index in [2.05, 4.69) is 36.5 Å². The molecule has 2 aromatic carbocycles. The molecule has 44 heavy (non-hydrogen) atoms. The number of amides is 2. The van der Waals surface area contributed by atoms with Crippen molar-refractivity contribution in [3.63, 3.8) is 0 Å². The second-order valence-corrected chi connectivity index (χ2v) is 14.7. The molecule has 0 bridgehead atoms. The van der Waals surface area contributed by atoms with Crippen LogP contribution in [0.4, 0.5) is 16.3 Å². The number of rotatable bonds is 7. The van der Waals surface area contributed by atoms with E-state index in [1.165, 1.54) is 0 Å². The average Bonchev–Trinajstić information content (AvgIpc) is 3.50. The standard InChI is InChI=1S/C33H43N7O3S/c1-22-8-14-28(15-9-22)40-30(21-29(37-40)33(4,5)6)35-32(41)34-27-12-10-25(11-13-27)20-26-16-18-39(19-17-26)44(42,43)31-23(2)36-38(7)24(31)3/h8-15,21,26H,16-20H2,1-7H3,(H2,34,35,41). The van der Waals surface area contributed by atoms with Gasteiger partial charge in [0.2, 0.25) is 10.0 Å². The number of aromatic nitrogens is 4. The topological polar surface area (TPSA) is 114 Å². The van der Waals surface area contributed by atoms with E-state index in [1.807, 2.05) is 61.5 Å². The molecule has 1 aliphatic heterocycles. The van der Waals surface area contributed by atoms with E-state index in [0.29, 0.717) is 46.8 Å². The number of carbonyl (C=O) groups is 1. The highest BCUT2D eigenvalue weighted by molar-refractivity contribution is 7.89. The monoisotopic (exact) mass is 617 g/mol. The molecule has 0 unspecified atom stereocenters. The Kier molecular flexibility index (Phi) is 8.73. The molecule has 1 fully saturated rings. The molecule has 2 N–H and O–H groups in total. The average molecular weight is 618 g/mol. The fourth-order valence-corrected chi connectivity index (χ4v) is 7.54. The number of benzene rings is 2. The van der Waals surface area contributed by atoms with Crippen LogP contribution in [0, 0.1) is 26.7 Å². The quantitative estimate of drug-likeness (QED) is 0.260. The summed E-state index contributed by atoms with van der Waals surface area (Å²) in [4.78, 5) is 13.3. The van der Waals surface area contributed by atoms with Gasteiger partial charge in [-0.25, -0.2) is 17.9 Å². The van der Waals surface area contributed by atoms with Crippen molar-refractivity contribution in [1.29, 1.82) is 0 Å². The minimum Gasteiger partial charge on any atom is -0.308 e. The molecule has 0 spiro atoms. The number of hydrogen-bond donors (Lipinski definition) is 2. The fraction of sp³-hybridized carbons (Fsp3) is 0.424. The number of aryl methyl sites for hydroxylation is 3. The lowest BCUT2D eigenvalue weighted by molar-refractivity contribution is 0.262. The minimum absolute atomic E-state index is 0.180. The fourth-order valence-electron chi connectivity index (χ4n) is 5.67. The summed E-state index contributed by atoms with van der Waals surface area (Å²) in [5.41, 5.74) is 5.77. The first-order chi connectivity index (χ1) is 20.7. The molecule has 0 aliphatic carbocycles. The van der Waals surface area contributed by atoms with Crippen molar-refractivity contribution in [2.75, 3.05) is 23.7 Å². The summed E-state index contributed by atoms with van der Waals surface area (Å²) in [6, 6.07) is 17.4. The van der Waals surface area contributed by atoms with Gasteiger partial charge in [0.1, 0.15) is 10.7 Å². The van der Waals surface area contributed by atoms with Gasteiger partial charge in [0.25, 0.3) is 0 Å². The summed E-state index contributed by atoms with van der Waals surface area (Å²) in [5.74, 6) is 0.980. The molecule has 1 aliphatic rings. The van der Waals surface area contributed by atoms with Crippen LogP contribution in [-0.2, 0) is 28.9 Å². The summed E-state index contributed by atoms with van der Waals surface area (Å²) in [6.07, 6.45) is 2.45. The van der Waals surface area contributed by atoms with Gasteiger partial charge in [-0.3, -0.25) is 10.00 Å². The smallest absolute Gasteiger partial charge is 0.308 e. The van der Waals surface area contributed by atoms with Crippen LogP contribution in [0.5, 0.6) is 0 Å². The number of piperidine rings is 1. The van der Waals surface area contributed by atoms with Crippen molar-refractivity contribution in [2.45, 2.75) is 71.1 Å². The summed E-state index contributed by atoms with van der Waals surface area (Å²) >= 11 is 0. The van der Waals surface area contributed by atoms with Crippen molar-refractivity contribution in [1.82, 2.24) is 23.9 Å². The highest BCUT2D eigenvalue weighted by atomic mass is 32.2. The van der Waals surface area contributed by atoms with Gasteiger partial charge in [-0.1, -0.05) is 50.6 Å².